The van der Waals surface area contributed by atoms with E-state index in [0.29, 0.717) is 6.42 Å². The molecule has 3 rings (SSSR count). The van der Waals surface area contributed by atoms with Crippen molar-refractivity contribution >= 4 is 11.7 Å². The van der Waals surface area contributed by atoms with Gasteiger partial charge in [0.25, 0.3) is 0 Å². The summed E-state index contributed by atoms with van der Waals surface area (Å²) in [7, 11) is 0. The number of hydrogen-bond donors (Lipinski definition) is 0. The Labute approximate surface area is 150 Å². The second-order valence-electron chi connectivity index (χ2n) is 6.98. The monoisotopic (exact) mass is 347 g/mol. The van der Waals surface area contributed by atoms with Gasteiger partial charge in [-0.1, -0.05) is 0 Å². The standard InChI is InChI=1S/C18H29N5O2/c1-14(21-8-10-25-11-9-21)12-17(24)22-4-6-23(7-5-22)18-15(2)16(3)19-13-20-18/h13-14H,4-12H2,1-3H3/t14-/m1/s1. The van der Waals surface area contributed by atoms with Gasteiger partial charge in [-0.05, 0) is 20.8 Å². The first-order valence-electron chi connectivity index (χ1n) is 9.19. The summed E-state index contributed by atoms with van der Waals surface area (Å²) in [6.45, 7) is 12.8. The molecular formula is C18H29N5O2. The first-order valence-corrected chi connectivity index (χ1v) is 9.19. The predicted molar refractivity (Wildman–Crippen MR) is 96.8 cm³/mol. The molecule has 0 saturated carbocycles. The van der Waals surface area contributed by atoms with E-state index in [4.69, 9.17) is 4.74 Å². The van der Waals surface area contributed by atoms with E-state index in [1.165, 1.54) is 0 Å². The zero-order valence-corrected chi connectivity index (χ0v) is 15.6. The molecule has 2 aliphatic rings. The maximum atomic E-state index is 12.6. The van der Waals surface area contributed by atoms with E-state index in [1.54, 1.807) is 6.33 Å². The normalized spacial score (nSPS) is 20.6. The highest BCUT2D eigenvalue weighted by atomic mass is 16.5. The number of piperazine rings is 1. The Morgan fingerprint density at radius 1 is 1.12 bits per heavy atom. The quantitative estimate of drug-likeness (QED) is 0.805. The van der Waals surface area contributed by atoms with Crippen molar-refractivity contribution in [2.24, 2.45) is 0 Å². The highest BCUT2D eigenvalue weighted by molar-refractivity contribution is 5.77. The molecule has 0 N–H and O–H groups in total. The molecule has 25 heavy (non-hydrogen) atoms. The number of anilines is 1. The van der Waals surface area contributed by atoms with Crippen molar-refractivity contribution < 1.29 is 9.53 Å². The van der Waals surface area contributed by atoms with Crippen molar-refractivity contribution in [3.05, 3.63) is 17.6 Å². The Morgan fingerprint density at radius 3 is 2.48 bits per heavy atom. The van der Waals surface area contributed by atoms with Crippen LogP contribution in [0, 0.1) is 13.8 Å². The number of aryl methyl sites for hydroxylation is 1. The zero-order valence-electron chi connectivity index (χ0n) is 15.6. The first kappa shape index (κ1) is 18.1. The van der Waals surface area contributed by atoms with Gasteiger partial charge >= 0.3 is 0 Å². The van der Waals surface area contributed by atoms with Gasteiger partial charge in [-0.25, -0.2) is 9.97 Å². The number of amides is 1. The SMILES string of the molecule is Cc1ncnc(N2CCN(C(=O)C[C@@H](C)N3CCOCC3)CC2)c1C. The summed E-state index contributed by atoms with van der Waals surface area (Å²) in [6.07, 6.45) is 2.21. The number of carbonyl (C=O) groups is 1. The lowest BCUT2D eigenvalue weighted by Crippen LogP contribution is -2.51. The minimum Gasteiger partial charge on any atom is -0.379 e. The first-order chi connectivity index (χ1) is 12.1. The molecule has 0 unspecified atom stereocenters. The van der Waals surface area contributed by atoms with E-state index in [1.807, 2.05) is 11.8 Å². The van der Waals surface area contributed by atoms with Crippen LogP contribution in [-0.4, -0.2) is 84.2 Å². The van der Waals surface area contributed by atoms with Crippen LogP contribution in [0.2, 0.25) is 0 Å². The Kier molecular flexibility index (Phi) is 5.86. The smallest absolute Gasteiger partial charge is 0.224 e. The molecule has 1 aromatic rings. The average Bonchev–Trinajstić information content (AvgIpc) is 2.65. The number of rotatable bonds is 4. The van der Waals surface area contributed by atoms with E-state index in [9.17, 15) is 4.79 Å². The molecule has 138 valence electrons. The summed E-state index contributed by atoms with van der Waals surface area (Å²) in [6, 6.07) is 0.279. The van der Waals surface area contributed by atoms with E-state index in [2.05, 4.69) is 33.6 Å². The van der Waals surface area contributed by atoms with Gasteiger partial charge in [-0.3, -0.25) is 9.69 Å². The van der Waals surface area contributed by atoms with Gasteiger partial charge in [0.1, 0.15) is 12.1 Å². The van der Waals surface area contributed by atoms with E-state index < -0.39 is 0 Å². The number of nitrogens with zero attached hydrogens (tertiary/aromatic N) is 5. The molecule has 1 atom stereocenters. The van der Waals surface area contributed by atoms with Crippen LogP contribution in [0.5, 0.6) is 0 Å². The van der Waals surface area contributed by atoms with Gasteiger partial charge in [0.2, 0.25) is 5.91 Å². The maximum Gasteiger partial charge on any atom is 0.224 e. The number of morpholine rings is 1. The van der Waals surface area contributed by atoms with Crippen LogP contribution in [-0.2, 0) is 9.53 Å². The lowest BCUT2D eigenvalue weighted by atomic mass is 10.1. The average molecular weight is 347 g/mol. The molecule has 2 fully saturated rings. The van der Waals surface area contributed by atoms with E-state index in [-0.39, 0.29) is 11.9 Å². The van der Waals surface area contributed by atoms with Crippen molar-refractivity contribution in [3.8, 4) is 0 Å². The molecule has 0 aliphatic carbocycles. The van der Waals surface area contributed by atoms with Gasteiger partial charge in [0, 0.05) is 63.0 Å². The molecule has 0 aromatic carbocycles. The number of aromatic nitrogens is 2. The minimum atomic E-state index is 0.259. The van der Waals surface area contributed by atoms with Crippen LogP contribution < -0.4 is 4.90 Å². The summed E-state index contributed by atoms with van der Waals surface area (Å²) in [4.78, 5) is 27.9. The summed E-state index contributed by atoms with van der Waals surface area (Å²) in [5.74, 6) is 1.26. The molecule has 0 radical (unpaired) electrons. The topological polar surface area (TPSA) is 61.8 Å². The number of hydrogen-bond acceptors (Lipinski definition) is 6. The van der Waals surface area contributed by atoms with Gasteiger partial charge in [-0.2, -0.15) is 0 Å². The van der Waals surface area contributed by atoms with Crippen LogP contribution in [0.15, 0.2) is 6.33 Å². The van der Waals surface area contributed by atoms with Crippen molar-refractivity contribution in [2.75, 3.05) is 57.4 Å². The Morgan fingerprint density at radius 2 is 1.80 bits per heavy atom. The largest absolute Gasteiger partial charge is 0.379 e. The fraction of sp³-hybridized carbons (Fsp3) is 0.722. The molecular weight excluding hydrogens is 318 g/mol. The molecule has 1 aromatic heterocycles. The van der Waals surface area contributed by atoms with Crippen molar-refractivity contribution in [1.82, 2.24) is 19.8 Å². The third kappa shape index (κ3) is 4.27. The van der Waals surface area contributed by atoms with E-state index >= 15 is 0 Å². The lowest BCUT2D eigenvalue weighted by Gasteiger charge is -2.37. The van der Waals surface area contributed by atoms with Crippen LogP contribution >= 0.6 is 0 Å². The third-order valence-electron chi connectivity index (χ3n) is 5.38. The van der Waals surface area contributed by atoms with Crippen molar-refractivity contribution in [1.29, 1.82) is 0 Å². The number of carbonyl (C=O) groups excluding carboxylic acids is 1. The summed E-state index contributed by atoms with van der Waals surface area (Å²) in [5, 5.41) is 0. The molecule has 0 bridgehead atoms. The van der Waals surface area contributed by atoms with E-state index in [0.717, 1.165) is 69.6 Å². The molecule has 1 amide bonds. The molecule has 0 spiro atoms. The summed E-state index contributed by atoms with van der Waals surface area (Å²) in [5.41, 5.74) is 2.14. The van der Waals surface area contributed by atoms with Crippen molar-refractivity contribution in [3.63, 3.8) is 0 Å². The summed E-state index contributed by atoms with van der Waals surface area (Å²) >= 11 is 0. The van der Waals surface area contributed by atoms with Crippen molar-refractivity contribution in [2.45, 2.75) is 33.2 Å². The maximum absolute atomic E-state index is 12.6. The third-order valence-corrected chi connectivity index (χ3v) is 5.38. The predicted octanol–water partition coefficient (Wildman–Crippen LogP) is 0.853. The Balaban J connectivity index is 1.51. The number of ether oxygens (including phenoxy) is 1. The van der Waals surface area contributed by atoms with Crippen LogP contribution in [0.25, 0.3) is 0 Å². The lowest BCUT2D eigenvalue weighted by molar-refractivity contribution is -0.133. The molecule has 7 nitrogen and oxygen atoms in total. The highest BCUT2D eigenvalue weighted by Crippen LogP contribution is 2.20. The molecule has 2 saturated heterocycles. The fourth-order valence-corrected chi connectivity index (χ4v) is 3.54. The van der Waals surface area contributed by atoms with Gasteiger partial charge in [-0.15, -0.1) is 0 Å². The Bertz CT molecular complexity index is 595. The second-order valence-corrected chi connectivity index (χ2v) is 6.98. The fourth-order valence-electron chi connectivity index (χ4n) is 3.54. The Hall–Kier alpha value is -1.73. The minimum absolute atomic E-state index is 0.259. The van der Waals surface area contributed by atoms with Gasteiger partial charge in [0.15, 0.2) is 0 Å². The molecule has 3 heterocycles. The second kappa shape index (κ2) is 8.10. The molecule has 2 aliphatic heterocycles. The van der Waals surface area contributed by atoms with Crippen LogP contribution in [0.1, 0.15) is 24.6 Å². The highest BCUT2D eigenvalue weighted by Gasteiger charge is 2.26. The van der Waals surface area contributed by atoms with Gasteiger partial charge in [0.05, 0.1) is 13.2 Å². The zero-order chi connectivity index (χ0) is 17.8. The summed E-state index contributed by atoms with van der Waals surface area (Å²) < 4.78 is 5.39. The van der Waals surface area contributed by atoms with Crippen LogP contribution in [0.3, 0.4) is 0 Å². The van der Waals surface area contributed by atoms with Gasteiger partial charge < -0.3 is 14.5 Å². The van der Waals surface area contributed by atoms with Crippen LogP contribution in [0.4, 0.5) is 5.82 Å². The molecule has 7 heteroatoms.